The van der Waals surface area contributed by atoms with Crippen LogP contribution in [0.1, 0.15) is 13.3 Å². The van der Waals surface area contributed by atoms with Crippen molar-refractivity contribution in [2.75, 3.05) is 26.3 Å². The molecule has 1 aliphatic heterocycles. The summed E-state index contributed by atoms with van der Waals surface area (Å²) in [5, 5.41) is 0. The monoisotopic (exact) mass is 328 g/mol. The van der Waals surface area contributed by atoms with Crippen LogP contribution in [-0.4, -0.2) is 48.2 Å². The van der Waals surface area contributed by atoms with Crippen molar-refractivity contribution in [1.82, 2.24) is 9.88 Å². The lowest BCUT2D eigenvalue weighted by molar-refractivity contribution is -0.135. The van der Waals surface area contributed by atoms with Crippen LogP contribution in [0.25, 0.3) is 0 Å². The topological polar surface area (TPSA) is 51.7 Å². The highest BCUT2D eigenvalue weighted by molar-refractivity contribution is 9.10. The van der Waals surface area contributed by atoms with Crippen LogP contribution in [0.5, 0.6) is 5.88 Å². The first-order valence-electron chi connectivity index (χ1n) is 6.33. The predicted octanol–water partition coefficient (Wildman–Crippen LogP) is 1.86. The number of amides is 1. The van der Waals surface area contributed by atoms with Crippen LogP contribution in [0.2, 0.25) is 0 Å². The normalized spacial score (nSPS) is 18.6. The number of ether oxygens (including phenoxy) is 2. The minimum absolute atomic E-state index is 0.00298. The van der Waals surface area contributed by atoms with Crippen molar-refractivity contribution in [3.8, 4) is 5.88 Å². The van der Waals surface area contributed by atoms with Gasteiger partial charge in [-0.1, -0.05) is 0 Å². The molecule has 0 spiro atoms. The zero-order chi connectivity index (χ0) is 13.7. The molecule has 5 nitrogen and oxygen atoms in total. The van der Waals surface area contributed by atoms with E-state index in [1.807, 2.05) is 19.1 Å². The van der Waals surface area contributed by atoms with Crippen molar-refractivity contribution < 1.29 is 14.3 Å². The molecule has 2 rings (SSSR count). The Hall–Kier alpha value is -1.14. The van der Waals surface area contributed by atoms with Crippen LogP contribution >= 0.6 is 15.9 Å². The minimum Gasteiger partial charge on any atom is -0.472 e. The summed E-state index contributed by atoms with van der Waals surface area (Å²) in [7, 11) is 0. The van der Waals surface area contributed by atoms with Crippen molar-refractivity contribution in [2.45, 2.75) is 19.4 Å². The van der Waals surface area contributed by atoms with Gasteiger partial charge in [0.25, 0.3) is 0 Å². The first kappa shape index (κ1) is 14.3. The van der Waals surface area contributed by atoms with Crippen molar-refractivity contribution >= 4 is 21.8 Å². The fraction of sp³-hybridized carbons (Fsp3) is 0.538. The maximum Gasteiger partial charge on any atom is 0.248 e. The Labute approximate surface area is 121 Å². The Kier molecular flexibility index (Phi) is 5.15. The summed E-state index contributed by atoms with van der Waals surface area (Å²) < 4.78 is 11.8. The molecular weight excluding hydrogens is 312 g/mol. The predicted molar refractivity (Wildman–Crippen MR) is 74.0 cm³/mol. The zero-order valence-corrected chi connectivity index (χ0v) is 12.4. The summed E-state index contributed by atoms with van der Waals surface area (Å²) in [6.45, 7) is 3.88. The summed E-state index contributed by atoms with van der Waals surface area (Å²) in [5.41, 5.74) is 0. The number of carbonyl (C=O) groups excluding carboxylic acids is 1. The Bertz CT molecular complexity index is 442. The standard InChI is InChI=1S/C13H17BrN2O3/c1-2-18-9-12(17)16-7-5-10(8-16)19-13-11(14)4-3-6-15-13/h3-4,6,10H,2,5,7-9H2,1H3/t10-/m1/s1. The molecule has 19 heavy (non-hydrogen) atoms. The molecule has 1 aromatic rings. The Morgan fingerprint density at radius 1 is 1.63 bits per heavy atom. The molecule has 0 aliphatic carbocycles. The van der Waals surface area contributed by atoms with Crippen molar-refractivity contribution in [3.05, 3.63) is 22.8 Å². The molecule has 0 radical (unpaired) electrons. The van der Waals surface area contributed by atoms with Gasteiger partial charge in [0, 0.05) is 25.8 Å². The average Bonchev–Trinajstić information content (AvgIpc) is 2.87. The number of nitrogens with zero attached hydrogens (tertiary/aromatic N) is 2. The maximum absolute atomic E-state index is 11.8. The van der Waals surface area contributed by atoms with Gasteiger partial charge in [0.2, 0.25) is 11.8 Å². The summed E-state index contributed by atoms with van der Waals surface area (Å²) in [6, 6.07) is 3.72. The molecule has 1 aliphatic rings. The van der Waals surface area contributed by atoms with Gasteiger partial charge in [-0.05, 0) is 35.0 Å². The molecule has 6 heteroatoms. The van der Waals surface area contributed by atoms with E-state index in [1.54, 1.807) is 11.1 Å². The Balaban J connectivity index is 1.85. The van der Waals surface area contributed by atoms with Gasteiger partial charge in [0.15, 0.2) is 0 Å². The van der Waals surface area contributed by atoms with Gasteiger partial charge >= 0.3 is 0 Å². The van der Waals surface area contributed by atoms with E-state index in [0.29, 0.717) is 25.6 Å². The third-order valence-electron chi connectivity index (χ3n) is 2.93. The maximum atomic E-state index is 11.8. The number of hydrogen-bond acceptors (Lipinski definition) is 4. The second-order valence-electron chi connectivity index (χ2n) is 4.30. The molecular formula is C13H17BrN2O3. The van der Waals surface area contributed by atoms with E-state index in [9.17, 15) is 4.79 Å². The van der Waals surface area contributed by atoms with Crippen LogP contribution in [0.15, 0.2) is 22.8 Å². The van der Waals surface area contributed by atoms with Gasteiger partial charge < -0.3 is 14.4 Å². The first-order valence-corrected chi connectivity index (χ1v) is 7.12. The molecule has 0 aromatic carbocycles. The van der Waals surface area contributed by atoms with Crippen LogP contribution in [0.3, 0.4) is 0 Å². The van der Waals surface area contributed by atoms with Crippen LogP contribution in [0, 0.1) is 0 Å². The van der Waals surface area contributed by atoms with Crippen molar-refractivity contribution in [2.24, 2.45) is 0 Å². The summed E-state index contributed by atoms with van der Waals surface area (Å²) >= 11 is 3.39. The highest BCUT2D eigenvalue weighted by Crippen LogP contribution is 2.24. The molecule has 0 bridgehead atoms. The molecule has 2 heterocycles. The number of carbonyl (C=O) groups is 1. The lowest BCUT2D eigenvalue weighted by Crippen LogP contribution is -2.33. The zero-order valence-electron chi connectivity index (χ0n) is 10.8. The quantitative estimate of drug-likeness (QED) is 0.827. The average molecular weight is 329 g/mol. The molecule has 1 saturated heterocycles. The van der Waals surface area contributed by atoms with Crippen LogP contribution < -0.4 is 4.74 Å². The van der Waals surface area contributed by atoms with Crippen LogP contribution in [-0.2, 0) is 9.53 Å². The fourth-order valence-electron chi connectivity index (χ4n) is 1.95. The summed E-state index contributed by atoms with van der Waals surface area (Å²) in [4.78, 5) is 17.7. The van der Waals surface area contributed by atoms with E-state index in [4.69, 9.17) is 9.47 Å². The number of likely N-dealkylation sites (tertiary alicyclic amines) is 1. The third-order valence-corrected chi connectivity index (χ3v) is 3.53. The highest BCUT2D eigenvalue weighted by Gasteiger charge is 2.28. The van der Waals surface area contributed by atoms with Gasteiger partial charge in [-0.3, -0.25) is 4.79 Å². The van der Waals surface area contributed by atoms with Gasteiger partial charge in [0.05, 0.1) is 11.0 Å². The molecule has 0 N–H and O–H groups in total. The number of rotatable bonds is 5. The largest absolute Gasteiger partial charge is 0.472 e. The SMILES string of the molecule is CCOCC(=O)N1CC[C@@H](Oc2ncccc2Br)C1. The van der Waals surface area contributed by atoms with Gasteiger partial charge in [-0.2, -0.15) is 0 Å². The van der Waals surface area contributed by atoms with E-state index in [2.05, 4.69) is 20.9 Å². The van der Waals surface area contributed by atoms with Crippen LogP contribution in [0.4, 0.5) is 0 Å². The molecule has 1 fully saturated rings. The molecule has 1 atom stereocenters. The van der Waals surface area contributed by atoms with Gasteiger partial charge in [0.1, 0.15) is 12.7 Å². The van der Waals surface area contributed by atoms with E-state index in [-0.39, 0.29) is 18.6 Å². The number of aromatic nitrogens is 1. The molecule has 0 saturated carbocycles. The Morgan fingerprint density at radius 2 is 2.47 bits per heavy atom. The number of halogens is 1. The summed E-state index contributed by atoms with van der Waals surface area (Å²) in [5.74, 6) is 0.597. The summed E-state index contributed by atoms with van der Waals surface area (Å²) in [6.07, 6.45) is 2.50. The number of hydrogen-bond donors (Lipinski definition) is 0. The van der Waals surface area contributed by atoms with E-state index in [0.717, 1.165) is 10.9 Å². The van der Waals surface area contributed by atoms with Crippen molar-refractivity contribution in [1.29, 1.82) is 0 Å². The first-order chi connectivity index (χ1) is 9.20. The van der Waals surface area contributed by atoms with E-state index < -0.39 is 0 Å². The lowest BCUT2D eigenvalue weighted by atomic mass is 10.3. The number of pyridine rings is 1. The second-order valence-corrected chi connectivity index (χ2v) is 5.15. The molecule has 104 valence electrons. The fourth-order valence-corrected chi connectivity index (χ4v) is 2.30. The minimum atomic E-state index is -0.00298. The van der Waals surface area contributed by atoms with Crippen molar-refractivity contribution in [3.63, 3.8) is 0 Å². The molecule has 1 amide bonds. The van der Waals surface area contributed by atoms with E-state index >= 15 is 0 Å². The molecule has 0 unspecified atom stereocenters. The van der Waals surface area contributed by atoms with Gasteiger partial charge in [-0.25, -0.2) is 4.98 Å². The lowest BCUT2D eigenvalue weighted by Gasteiger charge is -2.17. The third kappa shape index (κ3) is 3.91. The second kappa shape index (κ2) is 6.86. The highest BCUT2D eigenvalue weighted by atomic mass is 79.9. The van der Waals surface area contributed by atoms with Gasteiger partial charge in [-0.15, -0.1) is 0 Å². The smallest absolute Gasteiger partial charge is 0.248 e. The molecule has 1 aromatic heterocycles. The van der Waals surface area contributed by atoms with E-state index in [1.165, 1.54) is 0 Å². The Morgan fingerprint density at radius 3 is 3.21 bits per heavy atom.